The van der Waals surface area contributed by atoms with Gasteiger partial charge in [0.1, 0.15) is 6.23 Å². The zero-order valence-electron chi connectivity index (χ0n) is 12.5. The predicted molar refractivity (Wildman–Crippen MR) is 75.6 cm³/mol. The first-order valence-electron chi connectivity index (χ1n) is 7.59. The van der Waals surface area contributed by atoms with Crippen molar-refractivity contribution in [2.24, 2.45) is 5.41 Å². The van der Waals surface area contributed by atoms with Gasteiger partial charge in [-0.3, -0.25) is 10.2 Å². The molecule has 2 saturated heterocycles. The first-order chi connectivity index (χ1) is 8.48. The molecule has 0 radical (unpaired) electrons. The summed E-state index contributed by atoms with van der Waals surface area (Å²) in [6.45, 7) is 12.4. The highest BCUT2D eigenvalue weighted by Gasteiger charge is 2.31. The fourth-order valence-corrected chi connectivity index (χ4v) is 3.18. The van der Waals surface area contributed by atoms with Crippen LogP contribution in [0, 0.1) is 5.41 Å². The van der Waals surface area contributed by atoms with Crippen molar-refractivity contribution in [2.75, 3.05) is 19.7 Å². The number of piperidine rings is 1. The Kier molecular flexibility index (Phi) is 4.68. The molecule has 18 heavy (non-hydrogen) atoms. The summed E-state index contributed by atoms with van der Waals surface area (Å²) in [5.41, 5.74) is 0.292. The van der Waals surface area contributed by atoms with Crippen molar-refractivity contribution in [2.45, 2.75) is 71.7 Å². The van der Waals surface area contributed by atoms with Gasteiger partial charge in [0, 0.05) is 30.5 Å². The van der Waals surface area contributed by atoms with Crippen LogP contribution in [0.4, 0.5) is 0 Å². The van der Waals surface area contributed by atoms with Gasteiger partial charge < -0.3 is 4.74 Å². The first-order valence-corrected chi connectivity index (χ1v) is 7.59. The molecule has 106 valence electrons. The number of nitrogens with zero attached hydrogens (tertiary/aromatic N) is 1. The van der Waals surface area contributed by atoms with E-state index >= 15 is 0 Å². The summed E-state index contributed by atoms with van der Waals surface area (Å²) < 4.78 is 5.99. The normalized spacial score (nSPS) is 33.8. The van der Waals surface area contributed by atoms with Crippen LogP contribution in [0.1, 0.15) is 53.4 Å². The molecule has 2 heterocycles. The molecule has 0 amide bonds. The van der Waals surface area contributed by atoms with Crippen molar-refractivity contribution in [1.29, 1.82) is 0 Å². The van der Waals surface area contributed by atoms with E-state index in [-0.39, 0.29) is 6.23 Å². The van der Waals surface area contributed by atoms with E-state index < -0.39 is 0 Å². The van der Waals surface area contributed by atoms with Crippen molar-refractivity contribution < 1.29 is 4.74 Å². The molecular weight excluding hydrogens is 224 g/mol. The number of ether oxygens (including phenoxy) is 1. The van der Waals surface area contributed by atoms with Gasteiger partial charge in [-0.15, -0.1) is 0 Å². The average molecular weight is 254 g/mol. The third-order valence-corrected chi connectivity index (χ3v) is 4.31. The summed E-state index contributed by atoms with van der Waals surface area (Å²) in [7, 11) is 0. The minimum atomic E-state index is 0.266. The summed E-state index contributed by atoms with van der Waals surface area (Å²) in [6.07, 6.45) is 5.49. The van der Waals surface area contributed by atoms with Gasteiger partial charge >= 0.3 is 0 Å². The monoisotopic (exact) mass is 254 g/mol. The molecule has 2 atom stereocenters. The van der Waals surface area contributed by atoms with Crippen LogP contribution in [-0.2, 0) is 4.74 Å². The molecule has 2 rings (SSSR count). The molecule has 0 aromatic heterocycles. The highest BCUT2D eigenvalue weighted by molar-refractivity contribution is 4.84. The van der Waals surface area contributed by atoms with E-state index in [1.807, 2.05) is 0 Å². The minimum Gasteiger partial charge on any atom is -0.363 e. The average Bonchev–Trinajstić information content (AvgIpc) is 2.32. The Balaban J connectivity index is 1.84. The lowest BCUT2D eigenvalue weighted by Gasteiger charge is -2.42. The smallest absolute Gasteiger partial charge is 0.109 e. The predicted octanol–water partition coefficient (Wildman–Crippen LogP) is 2.61. The second-order valence-corrected chi connectivity index (χ2v) is 7.06. The number of hydrogen-bond donors (Lipinski definition) is 1. The van der Waals surface area contributed by atoms with Gasteiger partial charge in [-0.2, -0.15) is 0 Å². The fourth-order valence-electron chi connectivity index (χ4n) is 3.18. The van der Waals surface area contributed by atoms with E-state index in [4.69, 9.17) is 4.74 Å². The molecule has 0 bridgehead atoms. The molecule has 0 saturated carbocycles. The number of likely N-dealkylation sites (tertiary alicyclic amines) is 1. The quantitative estimate of drug-likeness (QED) is 0.838. The Hall–Kier alpha value is -0.120. The van der Waals surface area contributed by atoms with Crippen molar-refractivity contribution in [3.63, 3.8) is 0 Å². The van der Waals surface area contributed by atoms with Crippen molar-refractivity contribution >= 4 is 0 Å². The number of hydrogen-bond acceptors (Lipinski definition) is 3. The maximum atomic E-state index is 5.99. The Bertz CT molecular complexity index is 255. The molecule has 2 fully saturated rings. The third kappa shape index (κ3) is 3.69. The summed E-state index contributed by atoms with van der Waals surface area (Å²) in [5, 5.41) is 3.57. The maximum absolute atomic E-state index is 5.99. The molecule has 0 spiro atoms. The van der Waals surface area contributed by atoms with E-state index in [0.717, 1.165) is 19.6 Å². The van der Waals surface area contributed by atoms with Crippen LogP contribution in [0.3, 0.4) is 0 Å². The minimum absolute atomic E-state index is 0.266. The Morgan fingerprint density at radius 3 is 2.72 bits per heavy atom. The second kappa shape index (κ2) is 5.89. The molecular formula is C15H30N2O. The molecule has 0 aromatic carbocycles. The van der Waals surface area contributed by atoms with Crippen LogP contribution in [0.2, 0.25) is 0 Å². The highest BCUT2D eigenvalue weighted by atomic mass is 16.5. The van der Waals surface area contributed by atoms with Crippen LogP contribution in [-0.4, -0.2) is 42.9 Å². The van der Waals surface area contributed by atoms with Crippen LogP contribution in [0.5, 0.6) is 0 Å². The van der Waals surface area contributed by atoms with Gasteiger partial charge in [0.25, 0.3) is 0 Å². The molecule has 2 aliphatic rings. The van der Waals surface area contributed by atoms with Crippen molar-refractivity contribution in [1.82, 2.24) is 10.2 Å². The van der Waals surface area contributed by atoms with Gasteiger partial charge in [-0.1, -0.05) is 20.3 Å². The molecule has 0 aliphatic carbocycles. The Labute approximate surface area is 112 Å². The van der Waals surface area contributed by atoms with Crippen molar-refractivity contribution in [3.8, 4) is 0 Å². The zero-order valence-corrected chi connectivity index (χ0v) is 12.5. The van der Waals surface area contributed by atoms with E-state index in [2.05, 4.69) is 37.9 Å². The van der Waals surface area contributed by atoms with Crippen LogP contribution in [0.25, 0.3) is 0 Å². The SMILES string of the molecule is CC(C)N1CCCCC1CC1NCC(C)(C)CO1. The lowest BCUT2D eigenvalue weighted by Crippen LogP contribution is -2.52. The van der Waals surface area contributed by atoms with Gasteiger partial charge in [0.15, 0.2) is 0 Å². The Morgan fingerprint density at radius 1 is 1.33 bits per heavy atom. The van der Waals surface area contributed by atoms with Crippen LogP contribution < -0.4 is 5.32 Å². The van der Waals surface area contributed by atoms with E-state index in [1.54, 1.807) is 0 Å². The molecule has 1 N–H and O–H groups in total. The summed E-state index contributed by atoms with van der Waals surface area (Å²) in [5.74, 6) is 0. The summed E-state index contributed by atoms with van der Waals surface area (Å²) in [6, 6.07) is 1.37. The van der Waals surface area contributed by atoms with E-state index in [0.29, 0.717) is 17.5 Å². The largest absolute Gasteiger partial charge is 0.363 e. The zero-order chi connectivity index (χ0) is 13.2. The standard InChI is InChI=1S/C15H30N2O/c1-12(2)17-8-6-5-7-13(17)9-14-16-10-15(3,4)11-18-14/h12-14,16H,5-11H2,1-4H3. The van der Waals surface area contributed by atoms with Gasteiger partial charge in [0.05, 0.1) is 6.61 Å². The maximum Gasteiger partial charge on any atom is 0.109 e. The summed E-state index contributed by atoms with van der Waals surface area (Å²) in [4.78, 5) is 2.66. The third-order valence-electron chi connectivity index (χ3n) is 4.31. The molecule has 3 heteroatoms. The molecule has 3 nitrogen and oxygen atoms in total. The van der Waals surface area contributed by atoms with Gasteiger partial charge in [0.2, 0.25) is 0 Å². The lowest BCUT2D eigenvalue weighted by atomic mass is 9.92. The second-order valence-electron chi connectivity index (χ2n) is 7.06. The number of rotatable bonds is 3. The topological polar surface area (TPSA) is 24.5 Å². The first kappa shape index (κ1) is 14.3. The summed E-state index contributed by atoms with van der Waals surface area (Å²) >= 11 is 0. The van der Waals surface area contributed by atoms with E-state index in [1.165, 1.54) is 25.8 Å². The number of nitrogens with one attached hydrogen (secondary N) is 1. The van der Waals surface area contributed by atoms with E-state index in [9.17, 15) is 0 Å². The molecule has 0 aromatic rings. The lowest BCUT2D eigenvalue weighted by molar-refractivity contribution is -0.0753. The fraction of sp³-hybridized carbons (Fsp3) is 1.00. The van der Waals surface area contributed by atoms with Crippen molar-refractivity contribution in [3.05, 3.63) is 0 Å². The molecule has 2 aliphatic heterocycles. The molecule has 2 unspecified atom stereocenters. The van der Waals surface area contributed by atoms with Crippen LogP contribution >= 0.6 is 0 Å². The van der Waals surface area contributed by atoms with Gasteiger partial charge in [-0.25, -0.2) is 0 Å². The van der Waals surface area contributed by atoms with Gasteiger partial charge in [-0.05, 0) is 33.2 Å². The highest BCUT2D eigenvalue weighted by Crippen LogP contribution is 2.26. The van der Waals surface area contributed by atoms with Crippen LogP contribution in [0.15, 0.2) is 0 Å². The Morgan fingerprint density at radius 2 is 2.11 bits per heavy atom.